The first-order valence-electron chi connectivity index (χ1n) is 2.01. The number of nitrogens with one attached hydrogen (secondary N) is 1. The lowest BCUT2D eigenvalue weighted by atomic mass is 10.8. The number of carbonyl (C=O) groups excluding carboxylic acids is 1. The summed E-state index contributed by atoms with van der Waals surface area (Å²) in [5, 5.41) is 8.02. The van der Waals surface area contributed by atoms with Gasteiger partial charge in [0.1, 0.15) is 0 Å². The number of rotatable bonds is 0. The van der Waals surface area contributed by atoms with Gasteiger partial charge in [0.25, 0.3) is 0 Å². The van der Waals surface area contributed by atoms with Crippen molar-refractivity contribution >= 4 is 40.8 Å². The van der Waals surface area contributed by atoms with Gasteiger partial charge in [-0.3, -0.25) is 0 Å². The Morgan fingerprint density at radius 2 is 2.20 bits per heavy atom. The fourth-order valence-electron chi connectivity index (χ4n) is 0.211. The minimum absolute atomic E-state index is 0.395. The van der Waals surface area contributed by atoms with E-state index >= 15 is 0 Å². The molecule has 0 unspecified atom stereocenters. The number of aromatic nitrogens is 1. The van der Waals surface area contributed by atoms with Crippen LogP contribution in [0.25, 0.3) is 0 Å². The monoisotopic (exact) mass is 196 g/mol. The Bertz CT molecular complexity index is 214. The lowest BCUT2D eigenvalue weighted by Crippen LogP contribution is -1.52. The van der Waals surface area contributed by atoms with Crippen molar-refractivity contribution in [3.8, 4) is 0 Å². The number of hydrogen-bond donors (Lipinski definition) is 1. The van der Waals surface area contributed by atoms with E-state index in [1.54, 1.807) is 5.38 Å². The third-order valence-electron chi connectivity index (χ3n) is 0.486. The predicted octanol–water partition coefficient (Wildman–Crippen LogP) is 2.35. The highest BCUT2D eigenvalue weighted by molar-refractivity contribution is 7.04. The molecule has 0 saturated carbocycles. The molecule has 1 aromatic rings. The van der Waals surface area contributed by atoms with Crippen molar-refractivity contribution in [3.63, 3.8) is 0 Å². The predicted molar refractivity (Wildman–Crippen MR) is 40.5 cm³/mol. The van der Waals surface area contributed by atoms with E-state index in [-0.39, 0.29) is 0 Å². The smallest absolute Gasteiger partial charge is 0.222 e. The summed E-state index contributed by atoms with van der Waals surface area (Å²) in [4.78, 5) is 8.35. The van der Waals surface area contributed by atoms with Crippen molar-refractivity contribution < 1.29 is 4.79 Å². The van der Waals surface area contributed by atoms with E-state index in [1.807, 2.05) is 0 Å². The molecule has 0 atom stereocenters. The minimum Gasteiger partial charge on any atom is -0.222 e. The van der Waals surface area contributed by atoms with Gasteiger partial charge in [0.15, 0.2) is 5.15 Å². The van der Waals surface area contributed by atoms with Gasteiger partial charge >= 0.3 is 0 Å². The summed E-state index contributed by atoms with van der Waals surface area (Å²) in [6.45, 7) is 0. The standard InChI is InChI=1S/C3HCl2NS.CHNO/c4-2-1-7-6-3(2)5;2-1-3/h1H;2H. The number of isocyanates is 1. The fraction of sp³-hybridized carbons (Fsp3) is 0. The largest absolute Gasteiger partial charge is 0.231 e. The van der Waals surface area contributed by atoms with Gasteiger partial charge in [-0.1, -0.05) is 23.2 Å². The molecule has 0 spiro atoms. The second-order valence-electron chi connectivity index (χ2n) is 1.06. The zero-order chi connectivity index (χ0) is 7.98. The van der Waals surface area contributed by atoms with Crippen LogP contribution in [0.5, 0.6) is 0 Å². The van der Waals surface area contributed by atoms with E-state index in [9.17, 15) is 0 Å². The average Bonchev–Trinajstić information content (AvgIpc) is 2.19. The van der Waals surface area contributed by atoms with Gasteiger partial charge in [-0.15, -0.1) is 0 Å². The molecule has 0 saturated heterocycles. The van der Waals surface area contributed by atoms with Gasteiger partial charge in [-0.25, -0.2) is 10.2 Å². The maximum atomic E-state index is 8.35. The molecule has 0 aliphatic rings. The van der Waals surface area contributed by atoms with Crippen LogP contribution < -0.4 is 0 Å². The quantitative estimate of drug-likeness (QED) is 0.512. The highest BCUT2D eigenvalue weighted by Gasteiger charge is 1.94. The molecular formula is C4H2Cl2N2OS. The van der Waals surface area contributed by atoms with Gasteiger partial charge in [0, 0.05) is 5.38 Å². The molecule has 0 aliphatic heterocycles. The van der Waals surface area contributed by atoms with E-state index in [2.05, 4.69) is 4.37 Å². The van der Waals surface area contributed by atoms with Crippen molar-refractivity contribution in [2.45, 2.75) is 0 Å². The minimum atomic E-state index is 0.395. The summed E-state index contributed by atoms with van der Waals surface area (Å²) >= 11 is 12.1. The summed E-state index contributed by atoms with van der Waals surface area (Å²) in [7, 11) is 0. The Hall–Kier alpha value is -0.410. The molecule has 6 heteroatoms. The van der Waals surface area contributed by atoms with E-state index < -0.39 is 0 Å². The van der Waals surface area contributed by atoms with Crippen LogP contribution in [0, 0.1) is 5.41 Å². The van der Waals surface area contributed by atoms with Crippen molar-refractivity contribution in [3.05, 3.63) is 15.6 Å². The van der Waals surface area contributed by atoms with Gasteiger partial charge in [-0.2, -0.15) is 4.37 Å². The summed E-state index contributed by atoms with van der Waals surface area (Å²) in [5.41, 5.74) is 0. The van der Waals surface area contributed by atoms with Gasteiger partial charge in [0.05, 0.1) is 5.02 Å². The summed E-state index contributed by atoms with van der Waals surface area (Å²) in [6.07, 6.45) is 0.750. The summed E-state index contributed by atoms with van der Waals surface area (Å²) < 4.78 is 3.69. The van der Waals surface area contributed by atoms with Gasteiger partial charge in [0.2, 0.25) is 6.08 Å². The Morgan fingerprint density at radius 3 is 2.30 bits per heavy atom. The zero-order valence-corrected chi connectivity index (χ0v) is 6.93. The van der Waals surface area contributed by atoms with Crippen LogP contribution in [-0.4, -0.2) is 10.5 Å². The highest BCUT2D eigenvalue weighted by atomic mass is 35.5. The molecule has 0 bridgehead atoms. The molecule has 1 heterocycles. The molecule has 10 heavy (non-hydrogen) atoms. The number of nitrogens with zero attached hydrogens (tertiary/aromatic N) is 1. The van der Waals surface area contributed by atoms with Crippen molar-refractivity contribution in [1.29, 1.82) is 5.41 Å². The lowest BCUT2D eigenvalue weighted by Gasteiger charge is -1.71. The maximum Gasteiger partial charge on any atom is 0.231 e. The van der Waals surface area contributed by atoms with Crippen LogP contribution in [0.15, 0.2) is 5.38 Å². The fourth-order valence-corrected chi connectivity index (χ4v) is 1.11. The molecule has 3 nitrogen and oxygen atoms in total. The van der Waals surface area contributed by atoms with Gasteiger partial charge in [-0.05, 0) is 11.5 Å². The van der Waals surface area contributed by atoms with E-state index in [4.69, 9.17) is 33.4 Å². The van der Waals surface area contributed by atoms with Crippen molar-refractivity contribution in [2.75, 3.05) is 0 Å². The van der Waals surface area contributed by atoms with E-state index in [0.717, 1.165) is 6.08 Å². The van der Waals surface area contributed by atoms with Crippen LogP contribution in [0.2, 0.25) is 10.2 Å². The van der Waals surface area contributed by atoms with Gasteiger partial charge < -0.3 is 0 Å². The van der Waals surface area contributed by atoms with Crippen LogP contribution >= 0.6 is 34.7 Å². The van der Waals surface area contributed by atoms with Crippen LogP contribution in [0.1, 0.15) is 0 Å². The van der Waals surface area contributed by atoms with Crippen LogP contribution in [-0.2, 0) is 4.79 Å². The topological polar surface area (TPSA) is 53.8 Å². The van der Waals surface area contributed by atoms with E-state index in [0.29, 0.717) is 10.2 Å². The molecule has 0 fully saturated rings. The van der Waals surface area contributed by atoms with Crippen LogP contribution in [0.3, 0.4) is 0 Å². The molecule has 0 aliphatic carbocycles. The molecule has 1 N–H and O–H groups in total. The first-order valence-corrected chi connectivity index (χ1v) is 3.61. The number of halogens is 2. The first-order chi connectivity index (χ1) is 4.72. The molecule has 54 valence electrons. The average molecular weight is 197 g/mol. The Labute approximate surface area is 71.3 Å². The molecular weight excluding hydrogens is 195 g/mol. The third-order valence-corrected chi connectivity index (χ3v) is 2.02. The summed E-state index contributed by atoms with van der Waals surface area (Å²) in [5.74, 6) is 0. The molecule has 1 rings (SSSR count). The zero-order valence-electron chi connectivity index (χ0n) is 4.60. The lowest BCUT2D eigenvalue weighted by molar-refractivity contribution is 0.563. The first kappa shape index (κ1) is 9.59. The van der Waals surface area contributed by atoms with Crippen LogP contribution in [0.4, 0.5) is 0 Å². The SMILES string of the molecule is Clc1csnc1Cl.N=C=O. The summed E-state index contributed by atoms with van der Waals surface area (Å²) in [6, 6.07) is 0. The molecule has 0 radical (unpaired) electrons. The van der Waals surface area contributed by atoms with Crippen molar-refractivity contribution in [2.24, 2.45) is 0 Å². The van der Waals surface area contributed by atoms with Crippen molar-refractivity contribution in [1.82, 2.24) is 4.37 Å². The third kappa shape index (κ3) is 3.58. The second-order valence-corrected chi connectivity index (χ2v) is 2.45. The second kappa shape index (κ2) is 5.38. The number of hydrogen-bond acceptors (Lipinski definition) is 4. The molecule has 0 amide bonds. The normalized spacial score (nSPS) is 7.40. The highest BCUT2D eigenvalue weighted by Crippen LogP contribution is 2.20. The Kier molecular flexibility index (Phi) is 5.16. The van der Waals surface area contributed by atoms with E-state index in [1.165, 1.54) is 11.5 Å². The Balaban J connectivity index is 0.000000236. The maximum absolute atomic E-state index is 8.35. The molecule has 1 aromatic heterocycles. The Morgan fingerprint density at radius 1 is 1.70 bits per heavy atom. The molecule has 0 aromatic carbocycles.